The number of nitrogens with one attached hydrogen (secondary N) is 2. The topological polar surface area (TPSA) is 72.5 Å². The summed E-state index contributed by atoms with van der Waals surface area (Å²) in [6, 6.07) is 18.7. The molecule has 0 unspecified atom stereocenters. The lowest BCUT2D eigenvalue weighted by Crippen LogP contribution is -2.20. The number of carbonyl (C=O) groups excluding carboxylic acids is 1. The van der Waals surface area contributed by atoms with Gasteiger partial charge in [-0.1, -0.05) is 41.9 Å². The standard InChI is InChI=1S/C23H24ClN3O3/c1-2-29-21-12-17(13-25-14-18-9-11-22(24)26-15-18)8-10-20(21)30-16-23(28)27-19-6-4-3-5-7-19/h3-12,15,25H,2,13-14,16H2,1H3,(H,27,28). The summed E-state index contributed by atoms with van der Waals surface area (Å²) in [4.78, 5) is 16.2. The van der Waals surface area contributed by atoms with Gasteiger partial charge >= 0.3 is 0 Å². The average molecular weight is 426 g/mol. The monoisotopic (exact) mass is 425 g/mol. The molecule has 1 heterocycles. The summed E-state index contributed by atoms with van der Waals surface area (Å²) in [5.74, 6) is 0.911. The Morgan fingerprint density at radius 3 is 2.47 bits per heavy atom. The van der Waals surface area contributed by atoms with Gasteiger partial charge in [0.15, 0.2) is 18.1 Å². The Kier molecular flexibility index (Phi) is 8.06. The number of benzene rings is 2. The van der Waals surface area contributed by atoms with Crippen LogP contribution in [0.3, 0.4) is 0 Å². The molecule has 0 aliphatic carbocycles. The lowest BCUT2D eigenvalue weighted by atomic mass is 10.2. The minimum Gasteiger partial charge on any atom is -0.490 e. The van der Waals surface area contributed by atoms with E-state index in [0.717, 1.165) is 16.8 Å². The van der Waals surface area contributed by atoms with Crippen LogP contribution in [0, 0.1) is 0 Å². The Bertz CT molecular complexity index is 950. The first kappa shape index (κ1) is 21.6. The normalized spacial score (nSPS) is 10.5. The molecule has 0 aliphatic rings. The third kappa shape index (κ3) is 6.76. The molecule has 3 rings (SSSR count). The Morgan fingerprint density at radius 2 is 1.73 bits per heavy atom. The summed E-state index contributed by atoms with van der Waals surface area (Å²) >= 11 is 5.81. The van der Waals surface area contributed by atoms with Gasteiger partial charge < -0.3 is 20.1 Å². The van der Waals surface area contributed by atoms with Gasteiger partial charge in [0.1, 0.15) is 5.15 Å². The van der Waals surface area contributed by atoms with E-state index in [2.05, 4.69) is 15.6 Å². The number of para-hydroxylation sites is 1. The lowest BCUT2D eigenvalue weighted by Gasteiger charge is -2.14. The van der Waals surface area contributed by atoms with Crippen molar-refractivity contribution >= 4 is 23.2 Å². The second-order valence-electron chi connectivity index (χ2n) is 6.51. The van der Waals surface area contributed by atoms with Crippen molar-refractivity contribution in [1.29, 1.82) is 0 Å². The molecule has 0 saturated carbocycles. The first-order valence-electron chi connectivity index (χ1n) is 9.68. The minimum atomic E-state index is -0.231. The van der Waals surface area contributed by atoms with Crippen LogP contribution in [0.2, 0.25) is 5.15 Å². The van der Waals surface area contributed by atoms with Crippen LogP contribution in [-0.4, -0.2) is 24.1 Å². The zero-order valence-electron chi connectivity index (χ0n) is 16.7. The second kappa shape index (κ2) is 11.2. The van der Waals surface area contributed by atoms with Crippen LogP contribution in [0.15, 0.2) is 66.9 Å². The summed E-state index contributed by atoms with van der Waals surface area (Å²) < 4.78 is 11.4. The first-order valence-corrected chi connectivity index (χ1v) is 10.1. The molecule has 0 aliphatic heterocycles. The van der Waals surface area contributed by atoms with Crippen LogP contribution in [0.5, 0.6) is 11.5 Å². The Balaban J connectivity index is 1.54. The van der Waals surface area contributed by atoms with Crippen molar-refractivity contribution in [2.45, 2.75) is 20.0 Å². The van der Waals surface area contributed by atoms with Crippen LogP contribution >= 0.6 is 11.6 Å². The Hall–Kier alpha value is -3.09. The van der Waals surface area contributed by atoms with Crippen molar-refractivity contribution in [3.8, 4) is 11.5 Å². The molecular weight excluding hydrogens is 402 g/mol. The van der Waals surface area contributed by atoms with Crippen LogP contribution in [-0.2, 0) is 17.9 Å². The predicted octanol–water partition coefficient (Wildman–Crippen LogP) is 4.44. The van der Waals surface area contributed by atoms with Crippen molar-refractivity contribution in [3.63, 3.8) is 0 Å². The van der Waals surface area contributed by atoms with Crippen molar-refractivity contribution < 1.29 is 14.3 Å². The van der Waals surface area contributed by atoms with E-state index in [1.807, 2.05) is 61.5 Å². The maximum absolute atomic E-state index is 12.1. The predicted molar refractivity (Wildman–Crippen MR) is 118 cm³/mol. The molecule has 0 fully saturated rings. The van der Waals surface area contributed by atoms with Gasteiger partial charge in [-0.25, -0.2) is 4.98 Å². The molecule has 3 aromatic rings. The summed E-state index contributed by atoms with van der Waals surface area (Å²) in [5.41, 5.74) is 2.82. The van der Waals surface area contributed by atoms with Gasteiger partial charge in [-0.3, -0.25) is 4.79 Å². The van der Waals surface area contributed by atoms with E-state index in [4.69, 9.17) is 21.1 Å². The maximum Gasteiger partial charge on any atom is 0.262 e. The fourth-order valence-corrected chi connectivity index (χ4v) is 2.89. The van der Waals surface area contributed by atoms with Crippen molar-refractivity contribution in [2.24, 2.45) is 0 Å². The van der Waals surface area contributed by atoms with Gasteiger partial charge in [0, 0.05) is 25.0 Å². The van der Waals surface area contributed by atoms with Gasteiger partial charge in [0.25, 0.3) is 5.91 Å². The highest BCUT2D eigenvalue weighted by atomic mass is 35.5. The van der Waals surface area contributed by atoms with E-state index < -0.39 is 0 Å². The van der Waals surface area contributed by atoms with Crippen molar-refractivity contribution in [2.75, 3.05) is 18.5 Å². The molecule has 30 heavy (non-hydrogen) atoms. The molecule has 1 aromatic heterocycles. The number of ether oxygens (including phenoxy) is 2. The van der Waals surface area contributed by atoms with E-state index in [1.54, 1.807) is 12.3 Å². The Morgan fingerprint density at radius 1 is 0.967 bits per heavy atom. The largest absolute Gasteiger partial charge is 0.490 e. The SMILES string of the molecule is CCOc1cc(CNCc2ccc(Cl)nc2)ccc1OCC(=O)Nc1ccccc1. The van der Waals surface area contributed by atoms with Gasteiger partial charge in [0.05, 0.1) is 6.61 Å². The lowest BCUT2D eigenvalue weighted by molar-refractivity contribution is -0.118. The third-order valence-electron chi connectivity index (χ3n) is 4.17. The summed E-state index contributed by atoms with van der Waals surface area (Å²) in [7, 11) is 0. The number of anilines is 1. The Labute approximate surface area is 181 Å². The molecule has 156 valence electrons. The average Bonchev–Trinajstić information content (AvgIpc) is 2.75. The van der Waals surface area contributed by atoms with Crippen LogP contribution in [0.4, 0.5) is 5.69 Å². The molecule has 0 spiro atoms. The fraction of sp³-hybridized carbons (Fsp3) is 0.217. The summed E-state index contributed by atoms with van der Waals surface area (Å²) in [6.45, 7) is 3.63. The van der Waals surface area contributed by atoms with Gasteiger partial charge in [-0.15, -0.1) is 0 Å². The van der Waals surface area contributed by atoms with Crippen LogP contribution in [0.1, 0.15) is 18.1 Å². The molecule has 0 radical (unpaired) electrons. The summed E-state index contributed by atoms with van der Waals surface area (Å²) in [5, 5.41) is 6.63. The third-order valence-corrected chi connectivity index (χ3v) is 4.39. The minimum absolute atomic E-state index is 0.101. The van der Waals surface area contributed by atoms with E-state index in [0.29, 0.717) is 36.3 Å². The van der Waals surface area contributed by atoms with E-state index in [9.17, 15) is 4.79 Å². The molecule has 2 N–H and O–H groups in total. The molecule has 6 nitrogen and oxygen atoms in total. The van der Waals surface area contributed by atoms with E-state index in [-0.39, 0.29) is 12.5 Å². The zero-order valence-corrected chi connectivity index (χ0v) is 17.5. The van der Waals surface area contributed by atoms with Crippen LogP contribution < -0.4 is 20.1 Å². The number of carbonyl (C=O) groups is 1. The number of hydrogen-bond acceptors (Lipinski definition) is 5. The highest BCUT2D eigenvalue weighted by Gasteiger charge is 2.10. The number of pyridine rings is 1. The highest BCUT2D eigenvalue weighted by Crippen LogP contribution is 2.28. The molecule has 0 atom stereocenters. The molecule has 2 aromatic carbocycles. The van der Waals surface area contributed by atoms with Crippen molar-refractivity contribution in [1.82, 2.24) is 10.3 Å². The fourth-order valence-electron chi connectivity index (χ4n) is 2.77. The molecular formula is C23H24ClN3O3. The van der Waals surface area contributed by atoms with Crippen LogP contribution in [0.25, 0.3) is 0 Å². The molecule has 7 heteroatoms. The van der Waals surface area contributed by atoms with Gasteiger partial charge in [-0.05, 0) is 48.4 Å². The number of rotatable bonds is 10. The number of hydrogen-bond donors (Lipinski definition) is 2. The molecule has 0 bridgehead atoms. The summed E-state index contributed by atoms with van der Waals surface area (Å²) in [6.07, 6.45) is 1.75. The van der Waals surface area contributed by atoms with Gasteiger partial charge in [0.2, 0.25) is 0 Å². The quantitative estimate of drug-likeness (QED) is 0.470. The van der Waals surface area contributed by atoms with Crippen molar-refractivity contribution in [3.05, 3.63) is 83.1 Å². The zero-order chi connectivity index (χ0) is 21.2. The molecule has 0 saturated heterocycles. The number of aromatic nitrogens is 1. The van der Waals surface area contributed by atoms with E-state index >= 15 is 0 Å². The number of halogens is 1. The highest BCUT2D eigenvalue weighted by molar-refractivity contribution is 6.29. The number of amides is 1. The van der Waals surface area contributed by atoms with Gasteiger partial charge in [-0.2, -0.15) is 0 Å². The molecule has 1 amide bonds. The number of nitrogens with zero attached hydrogens (tertiary/aromatic N) is 1. The first-order chi connectivity index (χ1) is 14.6. The smallest absolute Gasteiger partial charge is 0.262 e. The van der Waals surface area contributed by atoms with E-state index in [1.165, 1.54) is 0 Å². The second-order valence-corrected chi connectivity index (χ2v) is 6.90. The maximum atomic E-state index is 12.1.